The molecule has 4 heteroatoms. The van der Waals surface area contributed by atoms with E-state index in [0.29, 0.717) is 12.5 Å². The van der Waals surface area contributed by atoms with Crippen LogP contribution in [-0.2, 0) is 5.54 Å². The molecule has 0 aromatic heterocycles. The molecule has 1 rings (SSSR count). The highest BCUT2D eigenvalue weighted by molar-refractivity contribution is 5.26. The number of aliphatic hydroxyl groups is 1. The maximum Gasteiger partial charge on any atom is 0.163 e. The minimum Gasteiger partial charge on any atom is -0.394 e. The van der Waals surface area contributed by atoms with E-state index in [1.165, 1.54) is 12.1 Å². The van der Waals surface area contributed by atoms with Crippen LogP contribution < -0.4 is 5.32 Å². The lowest BCUT2D eigenvalue weighted by Crippen LogP contribution is -2.45. The van der Waals surface area contributed by atoms with Crippen LogP contribution in [0, 0.1) is 17.6 Å². The molecular weight excluding hydrogens is 224 g/mol. The summed E-state index contributed by atoms with van der Waals surface area (Å²) < 4.78 is 26.8. The first-order chi connectivity index (χ1) is 7.90. The van der Waals surface area contributed by atoms with E-state index in [2.05, 4.69) is 5.32 Å². The predicted octanol–water partition coefficient (Wildman–Crippen LogP) is 2.42. The summed E-state index contributed by atoms with van der Waals surface area (Å²) in [7, 11) is 0. The quantitative estimate of drug-likeness (QED) is 0.832. The minimum absolute atomic E-state index is 0.153. The van der Waals surface area contributed by atoms with E-state index in [-0.39, 0.29) is 12.2 Å². The molecule has 0 fully saturated rings. The van der Waals surface area contributed by atoms with E-state index in [9.17, 15) is 13.9 Å². The Labute approximate surface area is 101 Å². The summed E-state index contributed by atoms with van der Waals surface area (Å²) in [6, 6.07) is 4.00. The fraction of sp³-hybridized carbons (Fsp3) is 0.538. The van der Waals surface area contributed by atoms with E-state index in [1.807, 2.05) is 13.8 Å². The van der Waals surface area contributed by atoms with Crippen molar-refractivity contribution < 1.29 is 13.9 Å². The van der Waals surface area contributed by atoms with Crippen molar-refractivity contribution in [1.29, 1.82) is 0 Å². The van der Waals surface area contributed by atoms with Gasteiger partial charge in [-0.1, -0.05) is 26.0 Å². The molecule has 1 unspecified atom stereocenters. The Morgan fingerprint density at radius 3 is 2.53 bits per heavy atom. The number of hydrogen-bond donors (Lipinski definition) is 2. The van der Waals surface area contributed by atoms with Gasteiger partial charge in [-0.25, -0.2) is 8.78 Å². The number of aliphatic hydroxyl groups excluding tert-OH is 1. The second-order valence-electron chi connectivity index (χ2n) is 4.87. The van der Waals surface area contributed by atoms with Gasteiger partial charge in [0.2, 0.25) is 0 Å². The maximum atomic E-state index is 13.7. The molecule has 1 aromatic carbocycles. The van der Waals surface area contributed by atoms with E-state index < -0.39 is 17.2 Å². The maximum absolute atomic E-state index is 13.7. The summed E-state index contributed by atoms with van der Waals surface area (Å²) in [6.45, 7) is 6.00. The zero-order valence-corrected chi connectivity index (χ0v) is 10.4. The van der Waals surface area contributed by atoms with Crippen molar-refractivity contribution in [1.82, 2.24) is 5.32 Å². The van der Waals surface area contributed by atoms with Crippen molar-refractivity contribution in [3.8, 4) is 0 Å². The lowest BCUT2D eigenvalue weighted by molar-refractivity contribution is 0.166. The first-order valence-corrected chi connectivity index (χ1v) is 5.71. The number of nitrogens with one attached hydrogen (secondary N) is 1. The molecule has 0 bridgehead atoms. The van der Waals surface area contributed by atoms with E-state index >= 15 is 0 Å². The van der Waals surface area contributed by atoms with Crippen LogP contribution in [0.3, 0.4) is 0 Å². The van der Waals surface area contributed by atoms with E-state index in [0.717, 1.165) is 6.07 Å². The summed E-state index contributed by atoms with van der Waals surface area (Å²) in [5, 5.41) is 12.5. The van der Waals surface area contributed by atoms with Crippen molar-refractivity contribution in [2.24, 2.45) is 5.92 Å². The molecule has 0 amide bonds. The van der Waals surface area contributed by atoms with Crippen molar-refractivity contribution in [2.75, 3.05) is 13.2 Å². The van der Waals surface area contributed by atoms with Gasteiger partial charge >= 0.3 is 0 Å². The van der Waals surface area contributed by atoms with Gasteiger partial charge in [-0.05, 0) is 25.5 Å². The molecule has 96 valence electrons. The summed E-state index contributed by atoms with van der Waals surface area (Å²) in [5.41, 5.74) is -0.808. The normalized spacial score (nSPS) is 15.0. The summed E-state index contributed by atoms with van der Waals surface area (Å²) in [4.78, 5) is 0. The zero-order valence-electron chi connectivity index (χ0n) is 10.4. The van der Waals surface area contributed by atoms with Crippen LogP contribution in [0.15, 0.2) is 18.2 Å². The van der Waals surface area contributed by atoms with Gasteiger partial charge in [0.25, 0.3) is 0 Å². The standard InChI is InChI=1S/C13H19F2NO/c1-9(2)7-16-13(3,8-17)10-5-4-6-11(14)12(10)15/h4-6,9,16-17H,7-8H2,1-3H3. The van der Waals surface area contributed by atoms with E-state index in [1.54, 1.807) is 6.92 Å². The highest BCUT2D eigenvalue weighted by atomic mass is 19.2. The lowest BCUT2D eigenvalue weighted by Gasteiger charge is -2.30. The summed E-state index contributed by atoms with van der Waals surface area (Å²) in [6.07, 6.45) is 0. The van der Waals surface area contributed by atoms with Crippen LogP contribution in [0.1, 0.15) is 26.3 Å². The second kappa shape index (κ2) is 5.56. The highest BCUT2D eigenvalue weighted by Gasteiger charge is 2.29. The average Bonchev–Trinajstić information content (AvgIpc) is 2.29. The molecule has 1 atom stereocenters. The monoisotopic (exact) mass is 243 g/mol. The Kier molecular flexibility index (Phi) is 4.60. The van der Waals surface area contributed by atoms with Gasteiger partial charge < -0.3 is 10.4 Å². The van der Waals surface area contributed by atoms with Crippen LogP contribution in [0.5, 0.6) is 0 Å². The SMILES string of the molecule is CC(C)CNC(C)(CO)c1cccc(F)c1F. The highest BCUT2D eigenvalue weighted by Crippen LogP contribution is 2.24. The van der Waals surface area contributed by atoms with Gasteiger partial charge in [0.15, 0.2) is 11.6 Å². The third-order valence-corrected chi connectivity index (χ3v) is 2.76. The molecule has 0 aliphatic carbocycles. The number of rotatable bonds is 5. The predicted molar refractivity (Wildman–Crippen MR) is 63.6 cm³/mol. The van der Waals surface area contributed by atoms with Crippen LogP contribution >= 0.6 is 0 Å². The molecule has 0 saturated carbocycles. The number of benzene rings is 1. The summed E-state index contributed by atoms with van der Waals surface area (Å²) >= 11 is 0. The Morgan fingerprint density at radius 2 is 2.00 bits per heavy atom. The molecule has 0 aliphatic rings. The van der Waals surface area contributed by atoms with Gasteiger partial charge in [-0.3, -0.25) is 0 Å². The molecule has 0 aliphatic heterocycles. The van der Waals surface area contributed by atoms with Gasteiger partial charge in [0.1, 0.15) is 0 Å². The van der Waals surface area contributed by atoms with E-state index in [4.69, 9.17) is 0 Å². The minimum atomic E-state index is -0.962. The summed E-state index contributed by atoms with van der Waals surface area (Å²) in [5.74, 6) is -1.44. The molecule has 17 heavy (non-hydrogen) atoms. The van der Waals surface area contributed by atoms with Gasteiger partial charge in [-0.15, -0.1) is 0 Å². The van der Waals surface area contributed by atoms with Crippen molar-refractivity contribution >= 4 is 0 Å². The molecule has 1 aromatic rings. The smallest absolute Gasteiger partial charge is 0.163 e. The Bertz CT molecular complexity index is 382. The van der Waals surface area contributed by atoms with Gasteiger partial charge in [-0.2, -0.15) is 0 Å². The van der Waals surface area contributed by atoms with Crippen molar-refractivity contribution in [3.05, 3.63) is 35.4 Å². The van der Waals surface area contributed by atoms with Gasteiger partial charge in [0, 0.05) is 5.56 Å². The van der Waals surface area contributed by atoms with Crippen LogP contribution in [0.2, 0.25) is 0 Å². The molecule has 0 spiro atoms. The molecule has 2 nitrogen and oxygen atoms in total. The Hall–Kier alpha value is -1.00. The lowest BCUT2D eigenvalue weighted by atomic mass is 9.91. The largest absolute Gasteiger partial charge is 0.394 e. The van der Waals surface area contributed by atoms with Crippen molar-refractivity contribution in [3.63, 3.8) is 0 Å². The molecular formula is C13H19F2NO. The first-order valence-electron chi connectivity index (χ1n) is 5.71. The molecule has 2 N–H and O–H groups in total. The molecule has 0 heterocycles. The Balaban J connectivity index is 3.03. The topological polar surface area (TPSA) is 32.3 Å². The van der Waals surface area contributed by atoms with Crippen LogP contribution in [0.25, 0.3) is 0 Å². The zero-order chi connectivity index (χ0) is 13.1. The fourth-order valence-corrected chi connectivity index (χ4v) is 1.60. The third-order valence-electron chi connectivity index (χ3n) is 2.76. The first kappa shape index (κ1) is 14.1. The van der Waals surface area contributed by atoms with Crippen LogP contribution in [-0.4, -0.2) is 18.3 Å². The Morgan fingerprint density at radius 1 is 1.35 bits per heavy atom. The fourth-order valence-electron chi connectivity index (χ4n) is 1.60. The van der Waals surface area contributed by atoms with Crippen LogP contribution in [0.4, 0.5) is 8.78 Å². The average molecular weight is 243 g/mol. The molecule has 0 radical (unpaired) electrons. The number of hydrogen-bond acceptors (Lipinski definition) is 2. The third kappa shape index (κ3) is 3.23. The number of halogens is 2. The van der Waals surface area contributed by atoms with Crippen molar-refractivity contribution in [2.45, 2.75) is 26.3 Å². The second-order valence-corrected chi connectivity index (χ2v) is 4.87. The van der Waals surface area contributed by atoms with Gasteiger partial charge in [0.05, 0.1) is 12.1 Å². The molecule has 0 saturated heterocycles.